The lowest BCUT2D eigenvalue weighted by Gasteiger charge is -2.38. The third-order valence-corrected chi connectivity index (χ3v) is 4.59. The zero-order valence-electron chi connectivity index (χ0n) is 13.0. The molecule has 0 saturated carbocycles. The fourth-order valence-corrected chi connectivity index (χ4v) is 3.22. The van der Waals surface area contributed by atoms with Gasteiger partial charge in [-0.25, -0.2) is 4.39 Å². The van der Waals surface area contributed by atoms with Gasteiger partial charge in [-0.1, -0.05) is 17.7 Å². The summed E-state index contributed by atoms with van der Waals surface area (Å²) in [6, 6.07) is 4.55. The van der Waals surface area contributed by atoms with E-state index >= 15 is 0 Å². The number of hydrogen-bond acceptors (Lipinski definition) is 3. The highest BCUT2D eigenvalue weighted by Gasteiger charge is 2.41. The van der Waals surface area contributed by atoms with E-state index in [1.807, 2.05) is 0 Å². The van der Waals surface area contributed by atoms with Gasteiger partial charge in [-0.05, 0) is 38.1 Å². The SMILES string of the molecule is COCC1(C(=O)N(C)Cc2c(F)cccc2Cl)CCNCC1. The quantitative estimate of drug-likeness (QED) is 0.902. The van der Waals surface area contributed by atoms with Crippen molar-refractivity contribution in [2.24, 2.45) is 5.41 Å². The Labute approximate surface area is 135 Å². The van der Waals surface area contributed by atoms with Crippen LogP contribution in [0, 0.1) is 11.2 Å². The van der Waals surface area contributed by atoms with Crippen LogP contribution in [-0.2, 0) is 16.1 Å². The van der Waals surface area contributed by atoms with Crippen LogP contribution in [0.15, 0.2) is 18.2 Å². The second kappa shape index (κ2) is 7.40. The molecule has 0 atom stereocenters. The van der Waals surface area contributed by atoms with E-state index < -0.39 is 11.2 Å². The van der Waals surface area contributed by atoms with E-state index in [1.165, 1.54) is 6.07 Å². The van der Waals surface area contributed by atoms with Crippen LogP contribution in [0.4, 0.5) is 4.39 Å². The van der Waals surface area contributed by atoms with Crippen molar-refractivity contribution in [3.8, 4) is 0 Å². The molecule has 0 aliphatic carbocycles. The average Bonchev–Trinajstić information content (AvgIpc) is 2.51. The second-order valence-corrected chi connectivity index (χ2v) is 6.23. The number of nitrogens with one attached hydrogen (secondary N) is 1. The van der Waals surface area contributed by atoms with Crippen molar-refractivity contribution < 1.29 is 13.9 Å². The lowest BCUT2D eigenvalue weighted by molar-refractivity contribution is -0.146. The normalized spacial score (nSPS) is 17.3. The molecule has 1 heterocycles. The van der Waals surface area contributed by atoms with Crippen molar-refractivity contribution in [2.75, 3.05) is 33.9 Å². The number of halogens is 2. The number of methoxy groups -OCH3 is 1. The van der Waals surface area contributed by atoms with Crippen LogP contribution < -0.4 is 5.32 Å². The zero-order chi connectivity index (χ0) is 16.2. The summed E-state index contributed by atoms with van der Waals surface area (Å²) in [5.41, 5.74) is -0.187. The minimum Gasteiger partial charge on any atom is -0.384 e. The molecule has 22 heavy (non-hydrogen) atoms. The molecule has 1 aromatic rings. The molecule has 1 aliphatic heterocycles. The van der Waals surface area contributed by atoms with Gasteiger partial charge < -0.3 is 15.0 Å². The number of carbonyl (C=O) groups is 1. The van der Waals surface area contributed by atoms with Gasteiger partial charge in [0.2, 0.25) is 5.91 Å². The summed E-state index contributed by atoms with van der Waals surface area (Å²) < 4.78 is 19.2. The summed E-state index contributed by atoms with van der Waals surface area (Å²) >= 11 is 6.05. The van der Waals surface area contributed by atoms with Crippen molar-refractivity contribution in [3.05, 3.63) is 34.6 Å². The molecule has 1 saturated heterocycles. The Morgan fingerprint density at radius 3 is 2.73 bits per heavy atom. The van der Waals surface area contributed by atoms with Crippen molar-refractivity contribution in [1.29, 1.82) is 0 Å². The Bertz CT molecular complexity index is 507. The molecule has 0 spiro atoms. The maximum Gasteiger partial charge on any atom is 0.231 e. The molecule has 6 heteroatoms. The molecule has 1 aliphatic rings. The number of rotatable bonds is 5. The molecule has 1 fully saturated rings. The van der Waals surface area contributed by atoms with Crippen LogP contribution in [0.5, 0.6) is 0 Å². The Hall–Kier alpha value is -1.17. The van der Waals surface area contributed by atoms with Crippen LogP contribution in [0.3, 0.4) is 0 Å². The summed E-state index contributed by atoms with van der Waals surface area (Å²) in [7, 11) is 3.29. The van der Waals surface area contributed by atoms with Gasteiger partial charge in [0.25, 0.3) is 0 Å². The lowest BCUT2D eigenvalue weighted by Crippen LogP contribution is -2.50. The van der Waals surface area contributed by atoms with Gasteiger partial charge in [-0.3, -0.25) is 4.79 Å². The largest absolute Gasteiger partial charge is 0.384 e. The first kappa shape index (κ1) is 17.2. The number of benzene rings is 1. The molecule has 0 aromatic heterocycles. The minimum atomic E-state index is -0.535. The predicted molar refractivity (Wildman–Crippen MR) is 84.3 cm³/mol. The molecular formula is C16H22ClFN2O2. The van der Waals surface area contributed by atoms with Crippen molar-refractivity contribution in [3.63, 3.8) is 0 Å². The first-order valence-electron chi connectivity index (χ1n) is 7.38. The van der Waals surface area contributed by atoms with E-state index in [2.05, 4.69) is 5.32 Å². The Morgan fingerprint density at radius 1 is 1.45 bits per heavy atom. The molecular weight excluding hydrogens is 307 g/mol. The van der Waals surface area contributed by atoms with Gasteiger partial charge in [-0.2, -0.15) is 0 Å². The average molecular weight is 329 g/mol. The maximum atomic E-state index is 13.9. The molecule has 1 N–H and O–H groups in total. The number of ether oxygens (including phenoxy) is 1. The molecule has 0 unspecified atom stereocenters. The zero-order valence-corrected chi connectivity index (χ0v) is 13.8. The van der Waals surface area contributed by atoms with Crippen LogP contribution in [-0.4, -0.2) is 44.7 Å². The standard InChI is InChI=1S/C16H22ClFN2O2/c1-20(10-12-13(17)4-3-5-14(12)18)15(21)16(11-22-2)6-8-19-9-7-16/h3-5,19H,6-11H2,1-2H3. The van der Waals surface area contributed by atoms with Crippen LogP contribution in [0.2, 0.25) is 5.02 Å². The number of amides is 1. The highest BCUT2D eigenvalue weighted by atomic mass is 35.5. The summed E-state index contributed by atoms with van der Waals surface area (Å²) in [5.74, 6) is -0.409. The number of nitrogens with zero attached hydrogens (tertiary/aromatic N) is 1. The van der Waals surface area contributed by atoms with E-state index in [9.17, 15) is 9.18 Å². The van der Waals surface area contributed by atoms with E-state index in [0.29, 0.717) is 17.2 Å². The monoisotopic (exact) mass is 328 g/mol. The molecule has 1 aromatic carbocycles. The highest BCUT2D eigenvalue weighted by Crippen LogP contribution is 2.32. The van der Waals surface area contributed by atoms with Crippen LogP contribution in [0.1, 0.15) is 18.4 Å². The van der Waals surface area contributed by atoms with Crippen molar-refractivity contribution in [1.82, 2.24) is 10.2 Å². The minimum absolute atomic E-state index is 0.0184. The number of hydrogen-bond donors (Lipinski definition) is 1. The summed E-state index contributed by atoms with van der Waals surface area (Å²) in [6.45, 7) is 2.10. The van der Waals surface area contributed by atoms with Crippen molar-refractivity contribution >= 4 is 17.5 Å². The van der Waals surface area contributed by atoms with Gasteiger partial charge in [0.15, 0.2) is 0 Å². The lowest BCUT2D eigenvalue weighted by atomic mass is 9.78. The van der Waals surface area contributed by atoms with Crippen molar-refractivity contribution in [2.45, 2.75) is 19.4 Å². The van der Waals surface area contributed by atoms with Gasteiger partial charge in [0, 0.05) is 31.3 Å². The summed E-state index contributed by atoms with van der Waals surface area (Å²) in [4.78, 5) is 14.4. The van der Waals surface area contributed by atoms with E-state index in [1.54, 1.807) is 31.2 Å². The first-order chi connectivity index (χ1) is 10.5. The first-order valence-corrected chi connectivity index (χ1v) is 7.76. The van der Waals surface area contributed by atoms with E-state index in [4.69, 9.17) is 16.3 Å². The summed E-state index contributed by atoms with van der Waals surface area (Å²) in [6.07, 6.45) is 1.43. The van der Waals surface area contributed by atoms with Crippen LogP contribution in [0.25, 0.3) is 0 Å². The van der Waals surface area contributed by atoms with Crippen LogP contribution >= 0.6 is 11.6 Å². The van der Waals surface area contributed by atoms with Gasteiger partial charge >= 0.3 is 0 Å². The van der Waals surface area contributed by atoms with Gasteiger partial charge in [-0.15, -0.1) is 0 Å². The smallest absolute Gasteiger partial charge is 0.231 e. The maximum absolute atomic E-state index is 13.9. The third-order valence-electron chi connectivity index (χ3n) is 4.24. The molecule has 2 rings (SSSR count). The second-order valence-electron chi connectivity index (χ2n) is 5.82. The van der Waals surface area contributed by atoms with Gasteiger partial charge in [0.1, 0.15) is 5.82 Å². The fourth-order valence-electron chi connectivity index (χ4n) is 3.00. The highest BCUT2D eigenvalue weighted by molar-refractivity contribution is 6.31. The molecule has 1 amide bonds. The summed E-state index contributed by atoms with van der Waals surface area (Å²) in [5, 5.41) is 3.59. The number of carbonyl (C=O) groups excluding carboxylic acids is 1. The molecule has 0 bridgehead atoms. The number of piperidine rings is 1. The van der Waals surface area contributed by atoms with E-state index in [0.717, 1.165) is 25.9 Å². The molecule has 122 valence electrons. The molecule has 0 radical (unpaired) electrons. The van der Waals surface area contributed by atoms with Gasteiger partial charge in [0.05, 0.1) is 12.0 Å². The Kier molecular flexibility index (Phi) is 5.78. The predicted octanol–water partition coefficient (Wildman–Crippen LogP) is 2.45. The Morgan fingerprint density at radius 2 is 2.14 bits per heavy atom. The molecule has 4 nitrogen and oxygen atoms in total. The fraction of sp³-hybridized carbons (Fsp3) is 0.562. The topological polar surface area (TPSA) is 41.6 Å². The van der Waals surface area contributed by atoms with E-state index in [-0.39, 0.29) is 12.5 Å². The Balaban J connectivity index is 2.16. The third kappa shape index (κ3) is 3.59.